The molecule has 0 atom stereocenters. The normalized spacial score (nSPS) is 13.5. The molecule has 2 heterocycles. The first-order valence-electron chi connectivity index (χ1n) is 15.6. The third-order valence-corrected chi connectivity index (χ3v) is 8.39. The van der Waals surface area contributed by atoms with E-state index in [1.165, 1.54) is 93.1 Å². The van der Waals surface area contributed by atoms with E-state index in [2.05, 4.69) is 104 Å². The molecule has 4 heteroatoms. The lowest BCUT2D eigenvalue weighted by atomic mass is 9.85. The van der Waals surface area contributed by atoms with E-state index in [0.29, 0.717) is 11.8 Å². The second-order valence-corrected chi connectivity index (χ2v) is 11.2. The van der Waals surface area contributed by atoms with Crippen LogP contribution >= 0.6 is 0 Å². The van der Waals surface area contributed by atoms with Gasteiger partial charge in [-0.2, -0.15) is 0 Å². The van der Waals surface area contributed by atoms with Crippen molar-refractivity contribution >= 4 is 22.7 Å². The lowest BCUT2D eigenvalue weighted by Crippen LogP contribution is -2.27. The van der Waals surface area contributed by atoms with Crippen molar-refractivity contribution in [2.75, 3.05) is 61.7 Å². The van der Waals surface area contributed by atoms with Crippen LogP contribution in [0, 0.1) is 27.7 Å². The van der Waals surface area contributed by atoms with Gasteiger partial charge in [-0.1, -0.05) is 55.4 Å². The van der Waals surface area contributed by atoms with Crippen molar-refractivity contribution in [1.29, 1.82) is 0 Å². The molecular weight excluding hydrogens is 476 g/mol. The van der Waals surface area contributed by atoms with Gasteiger partial charge in [0.05, 0.1) is 0 Å². The highest BCUT2D eigenvalue weighted by Gasteiger charge is 2.27. The third kappa shape index (κ3) is 6.87. The van der Waals surface area contributed by atoms with Crippen LogP contribution in [0.4, 0.5) is 22.7 Å². The van der Waals surface area contributed by atoms with E-state index < -0.39 is 0 Å². The molecule has 0 fully saturated rings. The van der Waals surface area contributed by atoms with Crippen molar-refractivity contribution in [3.8, 4) is 0 Å². The largest absolute Gasteiger partial charge is 0.388 e. The zero-order valence-electron chi connectivity index (χ0n) is 28.6. The first kappa shape index (κ1) is 34.7. The highest BCUT2D eigenvalue weighted by atomic mass is 15.1. The minimum absolute atomic E-state index is 0.573. The summed E-state index contributed by atoms with van der Waals surface area (Å²) in [5.74, 6) is 1.15. The van der Waals surface area contributed by atoms with Gasteiger partial charge in [-0.15, -0.1) is 0 Å². The van der Waals surface area contributed by atoms with Crippen LogP contribution in [-0.2, 0) is 12.8 Å². The molecule has 2 N–H and O–H groups in total. The van der Waals surface area contributed by atoms with E-state index in [9.17, 15) is 0 Å². The van der Waals surface area contributed by atoms with Gasteiger partial charge in [0, 0.05) is 69.6 Å². The van der Waals surface area contributed by atoms with Crippen LogP contribution in [0.15, 0.2) is 0 Å². The maximum atomic E-state index is 3.47. The Hall–Kier alpha value is -2.36. The fraction of sp³-hybridized carbons (Fsp3) is 0.657. The summed E-state index contributed by atoms with van der Waals surface area (Å²) < 4.78 is 0. The minimum Gasteiger partial charge on any atom is -0.388 e. The number of rotatable bonds is 4. The highest BCUT2D eigenvalue weighted by molar-refractivity contribution is 5.79. The molecule has 0 radical (unpaired) electrons. The number of benzene rings is 2. The van der Waals surface area contributed by atoms with E-state index >= 15 is 0 Å². The number of hydrogen-bond acceptors (Lipinski definition) is 4. The Labute approximate surface area is 243 Å². The molecule has 0 unspecified atom stereocenters. The Bertz CT molecular complexity index is 1060. The fourth-order valence-electron chi connectivity index (χ4n) is 6.68. The van der Waals surface area contributed by atoms with Crippen molar-refractivity contribution in [2.24, 2.45) is 0 Å². The Morgan fingerprint density at radius 1 is 0.564 bits per heavy atom. The highest BCUT2D eigenvalue weighted by Crippen LogP contribution is 2.44. The summed E-state index contributed by atoms with van der Waals surface area (Å²) in [5, 5.41) is 6.91. The molecule has 0 spiro atoms. The molecule has 4 rings (SSSR count). The molecule has 0 amide bonds. The molecule has 2 aliphatic rings. The average molecular weight is 539 g/mol. The number of nitrogens with zero attached hydrogens (tertiary/aromatic N) is 2. The summed E-state index contributed by atoms with van der Waals surface area (Å²) in [6.07, 6.45) is 3.64. The minimum atomic E-state index is 0.573. The Morgan fingerprint density at radius 2 is 0.923 bits per heavy atom. The monoisotopic (exact) mass is 538 g/mol. The molecule has 0 saturated heterocycles. The number of nitrogens with one attached hydrogen (secondary N) is 2. The molecule has 2 aromatic rings. The quantitative estimate of drug-likeness (QED) is 0.406. The van der Waals surface area contributed by atoms with E-state index in [1.807, 2.05) is 27.7 Å². The van der Waals surface area contributed by atoms with Gasteiger partial charge in [0.2, 0.25) is 0 Å². The molecule has 222 valence electrons. The number of hydrogen-bond donors (Lipinski definition) is 2. The van der Waals surface area contributed by atoms with Crippen LogP contribution in [0.1, 0.15) is 118 Å². The van der Waals surface area contributed by atoms with E-state index in [0.717, 1.165) is 6.54 Å². The van der Waals surface area contributed by atoms with Crippen molar-refractivity contribution in [1.82, 2.24) is 0 Å². The average Bonchev–Trinajstić information content (AvgIpc) is 3.31. The van der Waals surface area contributed by atoms with Gasteiger partial charge >= 0.3 is 0 Å². The Balaban J connectivity index is 0.000000347. The molecule has 39 heavy (non-hydrogen) atoms. The topological polar surface area (TPSA) is 30.5 Å². The van der Waals surface area contributed by atoms with Gasteiger partial charge in [0.15, 0.2) is 0 Å². The van der Waals surface area contributed by atoms with Crippen molar-refractivity contribution in [3.63, 3.8) is 0 Å². The number of likely N-dealkylation sites (N-methyl/N-ethyl adjacent to an activating group) is 1. The fourth-order valence-corrected chi connectivity index (χ4v) is 6.68. The summed E-state index contributed by atoms with van der Waals surface area (Å²) in [7, 11) is 8.53. The molecule has 0 bridgehead atoms. The van der Waals surface area contributed by atoms with Gasteiger partial charge < -0.3 is 20.4 Å². The zero-order valence-corrected chi connectivity index (χ0v) is 28.6. The summed E-state index contributed by atoms with van der Waals surface area (Å²) >= 11 is 0. The van der Waals surface area contributed by atoms with Crippen LogP contribution in [0.25, 0.3) is 0 Å². The molecule has 0 saturated carbocycles. The standard InChI is InChI=1S/C16H26N2.C15H24N2.2C2H6/c1-10(2)14-11(3)12(4)16-13(15(14)17-5)8-7-9-18(16)6;1-9(2)13-10(3)11(4)15-12(14(13)16-5)7-8-17(15)6;2*1-2/h10,17H,7-9H2,1-6H3;9,16H,7-8H2,1-6H3;2*1-2H3. The van der Waals surface area contributed by atoms with Gasteiger partial charge in [-0.25, -0.2) is 0 Å². The maximum absolute atomic E-state index is 3.47. The van der Waals surface area contributed by atoms with Gasteiger partial charge in [-0.3, -0.25) is 0 Å². The lowest BCUT2D eigenvalue weighted by molar-refractivity contribution is 0.736. The zero-order chi connectivity index (χ0) is 30.2. The van der Waals surface area contributed by atoms with Gasteiger partial charge in [-0.05, 0) is 97.7 Å². The van der Waals surface area contributed by atoms with Crippen LogP contribution in [0.5, 0.6) is 0 Å². The second-order valence-electron chi connectivity index (χ2n) is 11.2. The third-order valence-electron chi connectivity index (χ3n) is 8.39. The second kappa shape index (κ2) is 15.4. The number of fused-ring (bicyclic) bond motifs is 2. The predicted molar refractivity (Wildman–Crippen MR) is 180 cm³/mol. The van der Waals surface area contributed by atoms with Crippen molar-refractivity contribution < 1.29 is 0 Å². The van der Waals surface area contributed by atoms with Crippen LogP contribution in [0.3, 0.4) is 0 Å². The SMILES string of the molecule is CC.CC.CNc1c2c(c(C)c(C)c1C(C)C)N(C)CC2.CNc1c2c(c(C)c(C)c1C(C)C)N(C)CCC2. The van der Waals surface area contributed by atoms with E-state index in [4.69, 9.17) is 0 Å². The summed E-state index contributed by atoms with van der Waals surface area (Å²) in [6.45, 7) is 28.6. The molecule has 4 nitrogen and oxygen atoms in total. The van der Waals surface area contributed by atoms with Crippen LogP contribution in [-0.4, -0.2) is 41.3 Å². The molecular formula is C35H62N4. The summed E-state index contributed by atoms with van der Waals surface area (Å²) in [4.78, 5) is 4.81. The first-order chi connectivity index (χ1) is 18.5. The Kier molecular flexibility index (Phi) is 13.7. The summed E-state index contributed by atoms with van der Waals surface area (Å²) in [5.41, 5.74) is 17.6. The van der Waals surface area contributed by atoms with E-state index in [-0.39, 0.29) is 0 Å². The number of anilines is 4. The molecule has 2 aliphatic heterocycles. The van der Waals surface area contributed by atoms with Crippen molar-refractivity contribution in [3.05, 3.63) is 44.5 Å². The molecule has 2 aromatic carbocycles. The van der Waals surface area contributed by atoms with Crippen LogP contribution in [0.2, 0.25) is 0 Å². The lowest BCUT2D eigenvalue weighted by Gasteiger charge is -2.34. The van der Waals surface area contributed by atoms with Crippen molar-refractivity contribution in [2.45, 2.75) is 114 Å². The first-order valence-corrected chi connectivity index (χ1v) is 15.6. The summed E-state index contributed by atoms with van der Waals surface area (Å²) in [6, 6.07) is 0. The van der Waals surface area contributed by atoms with E-state index in [1.54, 1.807) is 0 Å². The van der Waals surface area contributed by atoms with Gasteiger partial charge in [0.1, 0.15) is 0 Å². The molecule has 0 aromatic heterocycles. The predicted octanol–water partition coefficient (Wildman–Crippen LogP) is 9.36. The maximum Gasteiger partial charge on any atom is 0.0450 e. The smallest absolute Gasteiger partial charge is 0.0450 e. The molecule has 0 aliphatic carbocycles. The Morgan fingerprint density at radius 3 is 1.28 bits per heavy atom. The van der Waals surface area contributed by atoms with Gasteiger partial charge in [0.25, 0.3) is 0 Å². The van der Waals surface area contributed by atoms with Crippen LogP contribution < -0.4 is 20.4 Å².